The second kappa shape index (κ2) is 10.0. The number of anilines is 3. The van der Waals surface area contributed by atoms with Crippen LogP contribution in [0.1, 0.15) is 48.5 Å². The summed E-state index contributed by atoms with van der Waals surface area (Å²) in [5, 5.41) is 13.7. The first-order chi connectivity index (χ1) is 17.1. The fourth-order valence-electron chi connectivity index (χ4n) is 4.91. The Morgan fingerprint density at radius 2 is 2.06 bits per heavy atom. The van der Waals surface area contributed by atoms with E-state index in [9.17, 15) is 9.59 Å². The number of carbonyl (C=O) groups is 1. The average molecular weight is 482 g/mol. The fourth-order valence-corrected chi connectivity index (χ4v) is 4.91. The summed E-state index contributed by atoms with van der Waals surface area (Å²) >= 11 is 0. The highest BCUT2D eigenvalue weighted by Crippen LogP contribution is 2.24. The van der Waals surface area contributed by atoms with Crippen LogP contribution in [0.4, 0.5) is 17.3 Å². The number of fused-ring (bicyclic) bond motifs is 1. The molecule has 4 heterocycles. The molecule has 3 aromatic rings. The molecule has 1 saturated carbocycles. The Hall–Kier alpha value is -3.44. The van der Waals surface area contributed by atoms with E-state index >= 15 is 0 Å². The summed E-state index contributed by atoms with van der Waals surface area (Å²) in [6.07, 6.45) is 7.70. The van der Waals surface area contributed by atoms with Gasteiger partial charge in [0, 0.05) is 51.7 Å². The minimum Gasteiger partial charge on any atom is -0.381 e. The largest absolute Gasteiger partial charge is 0.381 e. The van der Waals surface area contributed by atoms with Crippen LogP contribution in [0, 0.1) is 0 Å². The molecule has 186 valence electrons. The summed E-state index contributed by atoms with van der Waals surface area (Å²) in [4.78, 5) is 30.9. The van der Waals surface area contributed by atoms with Crippen LogP contribution in [0.25, 0.3) is 5.65 Å². The Labute approximate surface area is 202 Å². The van der Waals surface area contributed by atoms with E-state index in [1.807, 2.05) is 12.3 Å². The molecule has 1 aliphatic heterocycles. The first-order valence-electron chi connectivity index (χ1n) is 12.0. The Bertz CT molecular complexity index is 1260. The van der Waals surface area contributed by atoms with Gasteiger partial charge >= 0.3 is 0 Å². The smallest absolute Gasteiger partial charge is 0.274 e. The van der Waals surface area contributed by atoms with Gasteiger partial charge in [-0.3, -0.25) is 9.59 Å². The first-order valence-corrected chi connectivity index (χ1v) is 12.0. The van der Waals surface area contributed by atoms with Crippen LogP contribution in [0.15, 0.2) is 35.4 Å². The first kappa shape index (κ1) is 23.3. The van der Waals surface area contributed by atoms with Crippen molar-refractivity contribution in [2.75, 3.05) is 38.0 Å². The molecule has 1 unspecified atom stereocenters. The van der Waals surface area contributed by atoms with Crippen molar-refractivity contribution in [1.82, 2.24) is 24.5 Å². The summed E-state index contributed by atoms with van der Waals surface area (Å²) in [7, 11) is 3.47. The highest BCUT2D eigenvalue weighted by Gasteiger charge is 2.27. The summed E-state index contributed by atoms with van der Waals surface area (Å²) in [6, 6.07) is 5.51. The third-order valence-electron chi connectivity index (χ3n) is 6.85. The molecule has 11 nitrogen and oxygen atoms in total. The molecule has 1 saturated heterocycles. The lowest BCUT2D eigenvalue weighted by atomic mass is 10.1. The molecule has 5 rings (SSSR count). The standard InChI is InChI=1S/C24H31N7O4/c1-25-21-13-20(28-19-4-3-9-30(24(19)33)16-7-10-35-11-8-16)29-22-18(14-26-31(21)22)23(32)27-15-5-6-17(12-15)34-2/h3-4,9,13-17,25H,5-8,10-12H2,1-2H3,(H,27,32)(H,28,29)/t15?,17-/m0/s1. The van der Waals surface area contributed by atoms with Gasteiger partial charge < -0.3 is 30.0 Å². The number of nitrogens with one attached hydrogen (secondary N) is 3. The van der Waals surface area contributed by atoms with Crippen LogP contribution in [0.2, 0.25) is 0 Å². The third-order valence-corrected chi connectivity index (χ3v) is 6.85. The number of methoxy groups -OCH3 is 1. The quantitative estimate of drug-likeness (QED) is 0.470. The van der Waals surface area contributed by atoms with Crippen LogP contribution >= 0.6 is 0 Å². The van der Waals surface area contributed by atoms with Gasteiger partial charge in [-0.25, -0.2) is 4.98 Å². The van der Waals surface area contributed by atoms with E-state index in [4.69, 9.17) is 9.47 Å². The monoisotopic (exact) mass is 481 g/mol. The van der Waals surface area contributed by atoms with Crippen LogP contribution < -0.4 is 21.5 Å². The molecule has 1 amide bonds. The SMILES string of the molecule is CNc1cc(Nc2cccn(C3CCOCC3)c2=O)nc2c(C(=O)NC3CC[C@H](OC)C3)cnn12. The highest BCUT2D eigenvalue weighted by molar-refractivity contribution is 6.00. The van der Waals surface area contributed by atoms with Gasteiger partial charge in [0.15, 0.2) is 5.65 Å². The van der Waals surface area contributed by atoms with E-state index in [0.717, 1.165) is 32.1 Å². The Balaban J connectivity index is 1.42. The molecule has 2 fully saturated rings. The molecule has 0 radical (unpaired) electrons. The predicted molar refractivity (Wildman–Crippen MR) is 132 cm³/mol. The lowest BCUT2D eigenvalue weighted by Gasteiger charge is -2.24. The van der Waals surface area contributed by atoms with Gasteiger partial charge in [-0.1, -0.05) is 0 Å². The minimum atomic E-state index is -0.227. The van der Waals surface area contributed by atoms with Crippen molar-refractivity contribution in [3.8, 4) is 0 Å². The molecule has 3 aromatic heterocycles. The Kier molecular flexibility index (Phi) is 6.69. The maximum Gasteiger partial charge on any atom is 0.274 e. The number of pyridine rings is 1. The molecule has 0 bridgehead atoms. The zero-order valence-corrected chi connectivity index (χ0v) is 20.0. The number of nitrogens with zero attached hydrogens (tertiary/aromatic N) is 4. The topological polar surface area (TPSA) is 124 Å². The molecular formula is C24H31N7O4. The highest BCUT2D eigenvalue weighted by atomic mass is 16.5. The van der Waals surface area contributed by atoms with Crippen LogP contribution in [0.3, 0.4) is 0 Å². The molecule has 2 aliphatic rings. The van der Waals surface area contributed by atoms with E-state index in [1.165, 1.54) is 6.20 Å². The van der Waals surface area contributed by atoms with Gasteiger partial charge in [-0.2, -0.15) is 9.61 Å². The predicted octanol–water partition coefficient (Wildman–Crippen LogP) is 2.33. The number of hydrogen-bond donors (Lipinski definition) is 3. The van der Waals surface area contributed by atoms with E-state index < -0.39 is 0 Å². The van der Waals surface area contributed by atoms with Crippen LogP contribution in [0.5, 0.6) is 0 Å². The minimum absolute atomic E-state index is 0.0560. The molecule has 35 heavy (non-hydrogen) atoms. The maximum atomic E-state index is 13.2. The average Bonchev–Trinajstić information content (AvgIpc) is 3.52. The Morgan fingerprint density at radius 1 is 1.23 bits per heavy atom. The second-order valence-electron chi connectivity index (χ2n) is 9.01. The summed E-state index contributed by atoms with van der Waals surface area (Å²) in [5.74, 6) is 0.853. The Morgan fingerprint density at radius 3 is 2.80 bits per heavy atom. The van der Waals surface area contributed by atoms with E-state index in [2.05, 4.69) is 26.0 Å². The van der Waals surface area contributed by atoms with Gasteiger partial charge in [0.05, 0.1) is 12.3 Å². The van der Waals surface area contributed by atoms with Crippen molar-refractivity contribution in [3.05, 3.63) is 46.5 Å². The van der Waals surface area contributed by atoms with Gasteiger partial charge in [0.1, 0.15) is 22.9 Å². The normalized spacial score (nSPS) is 20.7. The van der Waals surface area contributed by atoms with Gasteiger partial charge in [0.25, 0.3) is 11.5 Å². The summed E-state index contributed by atoms with van der Waals surface area (Å²) in [5.41, 5.74) is 1.07. The van der Waals surface area contributed by atoms with Crippen molar-refractivity contribution >= 4 is 28.9 Å². The number of carbonyl (C=O) groups excluding carboxylic acids is 1. The molecule has 0 spiro atoms. The van der Waals surface area contributed by atoms with Crippen LogP contribution in [-0.2, 0) is 9.47 Å². The fraction of sp³-hybridized carbons (Fsp3) is 0.500. The molecule has 1 aliphatic carbocycles. The number of rotatable bonds is 7. The molecule has 11 heteroatoms. The molecule has 2 atom stereocenters. The zero-order valence-electron chi connectivity index (χ0n) is 20.0. The zero-order chi connectivity index (χ0) is 24.4. The lowest BCUT2D eigenvalue weighted by molar-refractivity contribution is 0.0687. The van der Waals surface area contributed by atoms with Crippen molar-refractivity contribution in [2.24, 2.45) is 0 Å². The van der Waals surface area contributed by atoms with E-state index in [0.29, 0.717) is 41.7 Å². The lowest BCUT2D eigenvalue weighted by Crippen LogP contribution is -2.33. The number of ether oxygens (including phenoxy) is 2. The van der Waals surface area contributed by atoms with Crippen LogP contribution in [-0.4, -0.2) is 64.6 Å². The van der Waals surface area contributed by atoms with Crippen molar-refractivity contribution < 1.29 is 14.3 Å². The van der Waals surface area contributed by atoms with Gasteiger partial charge in [0.2, 0.25) is 0 Å². The van der Waals surface area contributed by atoms with Gasteiger partial charge in [-0.05, 0) is 44.2 Å². The van der Waals surface area contributed by atoms with Crippen molar-refractivity contribution in [2.45, 2.75) is 50.3 Å². The summed E-state index contributed by atoms with van der Waals surface area (Å²) in [6.45, 7) is 1.30. The van der Waals surface area contributed by atoms with E-state index in [-0.39, 0.29) is 29.7 Å². The van der Waals surface area contributed by atoms with E-state index in [1.54, 1.807) is 35.4 Å². The summed E-state index contributed by atoms with van der Waals surface area (Å²) < 4.78 is 14.2. The number of hydrogen-bond acceptors (Lipinski definition) is 8. The molecule has 3 N–H and O–H groups in total. The van der Waals surface area contributed by atoms with Gasteiger partial charge in [-0.15, -0.1) is 0 Å². The second-order valence-corrected chi connectivity index (χ2v) is 9.01. The number of amides is 1. The van der Waals surface area contributed by atoms with Crippen molar-refractivity contribution in [1.29, 1.82) is 0 Å². The maximum absolute atomic E-state index is 13.2. The third kappa shape index (κ3) is 4.73. The molecular weight excluding hydrogens is 450 g/mol. The number of aromatic nitrogens is 4. The van der Waals surface area contributed by atoms with Crippen molar-refractivity contribution in [3.63, 3.8) is 0 Å². The molecule has 0 aromatic carbocycles.